The van der Waals surface area contributed by atoms with E-state index in [1.54, 1.807) is 0 Å². The zero-order valence-corrected chi connectivity index (χ0v) is 13.4. The molecule has 1 aliphatic rings. The van der Waals surface area contributed by atoms with Gasteiger partial charge in [0.25, 0.3) is 0 Å². The van der Waals surface area contributed by atoms with Gasteiger partial charge in [-0.2, -0.15) is 0 Å². The van der Waals surface area contributed by atoms with Gasteiger partial charge in [0.2, 0.25) is 0 Å². The van der Waals surface area contributed by atoms with Crippen LogP contribution in [0.3, 0.4) is 0 Å². The van der Waals surface area contributed by atoms with Gasteiger partial charge in [0.1, 0.15) is 5.60 Å². The van der Waals surface area contributed by atoms with E-state index in [-0.39, 0.29) is 10.8 Å². The highest BCUT2D eigenvalue weighted by Crippen LogP contribution is 2.37. The first-order valence-corrected chi connectivity index (χ1v) is 8.45. The summed E-state index contributed by atoms with van der Waals surface area (Å²) in [5.74, 6) is 0. The molecular formula is C16H25NO2S. The molecule has 0 heterocycles. The molecule has 1 aromatic rings. The fourth-order valence-electron chi connectivity index (χ4n) is 2.69. The van der Waals surface area contributed by atoms with Gasteiger partial charge in [-0.15, -0.1) is 0 Å². The Hall–Kier alpha value is -0.710. The SMILES string of the molecule is CC(C)(C)[S@@](=O)N[C@H]1CCCC[C@@]1(O)c1ccccc1. The Kier molecular flexibility index (Phi) is 4.67. The smallest absolute Gasteiger partial charge is 0.106 e. The van der Waals surface area contributed by atoms with Crippen molar-refractivity contribution in [2.24, 2.45) is 0 Å². The number of hydrogen-bond acceptors (Lipinski definition) is 2. The van der Waals surface area contributed by atoms with Crippen molar-refractivity contribution in [3.8, 4) is 0 Å². The molecule has 0 bridgehead atoms. The number of benzene rings is 1. The van der Waals surface area contributed by atoms with Crippen LogP contribution in [0.4, 0.5) is 0 Å². The van der Waals surface area contributed by atoms with Crippen LogP contribution in [0.1, 0.15) is 52.0 Å². The topological polar surface area (TPSA) is 49.3 Å². The standard InChI is InChI=1S/C16H25NO2S/c1-15(2,3)20(19)17-14-11-7-8-12-16(14,18)13-9-5-4-6-10-13/h4-6,9-10,14,17-18H,7-8,11-12H2,1-3H3/t14-,16+,20+/m0/s1. The molecule has 1 aromatic carbocycles. The summed E-state index contributed by atoms with van der Waals surface area (Å²) in [5.41, 5.74) is 0.00330. The van der Waals surface area contributed by atoms with Crippen molar-refractivity contribution >= 4 is 11.0 Å². The maximum absolute atomic E-state index is 12.3. The van der Waals surface area contributed by atoms with Crippen LogP contribution in [0.5, 0.6) is 0 Å². The molecule has 3 nitrogen and oxygen atoms in total. The molecule has 4 heteroatoms. The third kappa shape index (κ3) is 3.30. The van der Waals surface area contributed by atoms with Gasteiger partial charge in [0.05, 0.1) is 21.8 Å². The molecule has 1 saturated carbocycles. The van der Waals surface area contributed by atoms with Gasteiger partial charge in [-0.1, -0.05) is 43.2 Å². The molecular weight excluding hydrogens is 270 g/mol. The lowest BCUT2D eigenvalue weighted by atomic mass is 9.76. The van der Waals surface area contributed by atoms with E-state index in [0.29, 0.717) is 0 Å². The minimum atomic E-state index is -1.17. The van der Waals surface area contributed by atoms with Gasteiger partial charge in [-0.25, -0.2) is 8.93 Å². The quantitative estimate of drug-likeness (QED) is 0.901. The zero-order chi connectivity index (χ0) is 14.8. The molecule has 0 aliphatic heterocycles. The van der Waals surface area contributed by atoms with E-state index in [1.807, 2.05) is 51.1 Å². The molecule has 2 rings (SSSR count). The molecule has 0 unspecified atom stereocenters. The van der Waals surface area contributed by atoms with E-state index in [0.717, 1.165) is 31.2 Å². The number of hydrogen-bond donors (Lipinski definition) is 2. The Balaban J connectivity index is 2.23. The normalized spacial score (nSPS) is 29.1. The predicted molar refractivity (Wildman–Crippen MR) is 83.6 cm³/mol. The number of rotatable bonds is 3. The van der Waals surface area contributed by atoms with Gasteiger partial charge in [0, 0.05) is 0 Å². The van der Waals surface area contributed by atoms with Gasteiger partial charge in [-0.05, 0) is 39.2 Å². The molecule has 2 N–H and O–H groups in total. The third-order valence-electron chi connectivity index (χ3n) is 3.96. The Morgan fingerprint density at radius 1 is 1.25 bits per heavy atom. The van der Waals surface area contributed by atoms with Crippen LogP contribution < -0.4 is 4.72 Å². The first-order valence-electron chi connectivity index (χ1n) is 7.30. The van der Waals surface area contributed by atoms with Gasteiger partial charge >= 0.3 is 0 Å². The van der Waals surface area contributed by atoms with Gasteiger partial charge in [-0.3, -0.25) is 0 Å². The molecule has 0 saturated heterocycles. The largest absolute Gasteiger partial charge is 0.383 e. The summed E-state index contributed by atoms with van der Waals surface area (Å²) in [6, 6.07) is 9.60. The highest BCUT2D eigenvalue weighted by molar-refractivity contribution is 7.84. The Morgan fingerprint density at radius 3 is 2.50 bits per heavy atom. The third-order valence-corrected chi connectivity index (χ3v) is 5.57. The summed E-state index contributed by atoms with van der Waals surface area (Å²) in [4.78, 5) is 0. The van der Waals surface area contributed by atoms with Crippen LogP contribution in [0.25, 0.3) is 0 Å². The molecule has 1 fully saturated rings. The van der Waals surface area contributed by atoms with Crippen LogP contribution in [0.15, 0.2) is 30.3 Å². The lowest BCUT2D eigenvalue weighted by Crippen LogP contribution is -2.53. The Labute approximate surface area is 124 Å². The van der Waals surface area contributed by atoms with Crippen molar-refractivity contribution in [2.75, 3.05) is 0 Å². The Bertz CT molecular complexity index is 469. The summed E-state index contributed by atoms with van der Waals surface area (Å²) in [5, 5.41) is 11.1. The van der Waals surface area contributed by atoms with Crippen molar-refractivity contribution in [1.29, 1.82) is 0 Å². The van der Waals surface area contributed by atoms with Crippen LogP contribution in [-0.2, 0) is 16.6 Å². The average molecular weight is 295 g/mol. The van der Waals surface area contributed by atoms with Crippen molar-refractivity contribution in [1.82, 2.24) is 4.72 Å². The van der Waals surface area contributed by atoms with Crippen molar-refractivity contribution in [2.45, 2.75) is 62.8 Å². The van der Waals surface area contributed by atoms with Crippen LogP contribution in [-0.4, -0.2) is 20.1 Å². The molecule has 112 valence electrons. The van der Waals surface area contributed by atoms with E-state index in [4.69, 9.17) is 0 Å². The van der Waals surface area contributed by atoms with Gasteiger partial charge < -0.3 is 5.11 Å². The molecule has 0 spiro atoms. The van der Waals surface area contributed by atoms with Crippen LogP contribution in [0, 0.1) is 0 Å². The number of aliphatic hydroxyl groups is 1. The lowest BCUT2D eigenvalue weighted by Gasteiger charge is -2.41. The molecule has 1 aliphatic carbocycles. The maximum atomic E-state index is 12.3. The summed E-state index contributed by atoms with van der Waals surface area (Å²) < 4.78 is 15.2. The van der Waals surface area contributed by atoms with Gasteiger partial charge in [0.15, 0.2) is 0 Å². The summed E-state index contributed by atoms with van der Waals surface area (Å²) >= 11 is 0. The zero-order valence-electron chi connectivity index (χ0n) is 12.6. The van der Waals surface area contributed by atoms with E-state index >= 15 is 0 Å². The second kappa shape index (κ2) is 5.96. The minimum absolute atomic E-state index is 0.154. The fraction of sp³-hybridized carbons (Fsp3) is 0.625. The molecule has 0 radical (unpaired) electrons. The fourth-order valence-corrected chi connectivity index (χ4v) is 3.62. The Morgan fingerprint density at radius 2 is 1.90 bits per heavy atom. The van der Waals surface area contributed by atoms with Crippen LogP contribution in [0.2, 0.25) is 0 Å². The molecule has 0 amide bonds. The van der Waals surface area contributed by atoms with Crippen molar-refractivity contribution < 1.29 is 9.32 Å². The second-order valence-electron chi connectivity index (χ2n) is 6.59. The summed E-state index contributed by atoms with van der Waals surface area (Å²) in [6.45, 7) is 5.83. The lowest BCUT2D eigenvalue weighted by molar-refractivity contribution is -0.0246. The molecule has 3 atom stereocenters. The van der Waals surface area contributed by atoms with Crippen molar-refractivity contribution in [3.63, 3.8) is 0 Å². The van der Waals surface area contributed by atoms with Crippen LogP contribution >= 0.6 is 0 Å². The summed E-state index contributed by atoms with van der Waals surface area (Å²) in [6.07, 6.45) is 3.64. The number of nitrogens with one attached hydrogen (secondary N) is 1. The monoisotopic (exact) mass is 295 g/mol. The highest BCUT2D eigenvalue weighted by Gasteiger charge is 2.42. The summed E-state index contributed by atoms with van der Waals surface area (Å²) in [7, 11) is -1.17. The first kappa shape index (κ1) is 15.7. The van der Waals surface area contributed by atoms with E-state index in [1.165, 1.54) is 0 Å². The van der Waals surface area contributed by atoms with E-state index in [2.05, 4.69) is 4.72 Å². The van der Waals surface area contributed by atoms with Crippen molar-refractivity contribution in [3.05, 3.63) is 35.9 Å². The molecule has 0 aromatic heterocycles. The maximum Gasteiger partial charge on any atom is 0.106 e. The average Bonchev–Trinajstić information content (AvgIpc) is 2.41. The minimum Gasteiger partial charge on any atom is -0.383 e. The van der Waals surface area contributed by atoms with E-state index in [9.17, 15) is 9.32 Å². The highest BCUT2D eigenvalue weighted by atomic mass is 32.2. The predicted octanol–water partition coefficient (Wildman–Crippen LogP) is 2.87. The second-order valence-corrected chi connectivity index (χ2v) is 8.59. The van der Waals surface area contributed by atoms with E-state index < -0.39 is 16.6 Å². The molecule has 20 heavy (non-hydrogen) atoms. The first-order chi connectivity index (χ1) is 9.34.